The summed E-state index contributed by atoms with van der Waals surface area (Å²) in [4.78, 5) is 0. The molecular weight excluding hydrogens is 267 g/mol. The summed E-state index contributed by atoms with van der Waals surface area (Å²) < 4.78 is 19.5. The van der Waals surface area contributed by atoms with E-state index in [1.54, 1.807) is 24.3 Å². The lowest BCUT2D eigenvalue weighted by Gasteiger charge is -2.13. The van der Waals surface area contributed by atoms with E-state index in [1.807, 2.05) is 19.9 Å². The van der Waals surface area contributed by atoms with Crippen LogP contribution in [-0.4, -0.2) is 0 Å². The minimum atomic E-state index is -0.460. The van der Waals surface area contributed by atoms with E-state index in [0.29, 0.717) is 16.9 Å². The molecule has 0 aromatic heterocycles. The number of nitriles is 2. The molecule has 0 fully saturated rings. The first-order valence-electron chi connectivity index (χ1n) is 6.38. The number of nitrogens with zero attached hydrogens (tertiary/aromatic N) is 2. The summed E-state index contributed by atoms with van der Waals surface area (Å²) in [5.41, 5.74) is 2.90. The molecule has 2 aromatic rings. The lowest BCUT2D eigenvalue weighted by Crippen LogP contribution is -2.02. The fourth-order valence-corrected chi connectivity index (χ4v) is 2.13. The zero-order valence-corrected chi connectivity index (χ0v) is 11.8. The Balaban J connectivity index is 2.21. The maximum absolute atomic E-state index is 13.8. The number of aryl methyl sites for hydroxylation is 2. The zero-order chi connectivity index (χ0) is 15.4. The maximum Gasteiger partial charge on any atom is 0.131 e. The molecule has 104 valence electrons. The second-order valence-corrected chi connectivity index (χ2v) is 4.76. The second-order valence-electron chi connectivity index (χ2n) is 4.76. The summed E-state index contributed by atoms with van der Waals surface area (Å²) in [7, 11) is 0. The Hall–Kier alpha value is -2.85. The molecule has 0 N–H and O–H groups in total. The fraction of sp³-hybridized carbons (Fsp3) is 0.176. The van der Waals surface area contributed by atoms with Gasteiger partial charge in [-0.25, -0.2) is 4.39 Å². The van der Waals surface area contributed by atoms with Crippen LogP contribution in [0.4, 0.5) is 4.39 Å². The Kier molecular flexibility index (Phi) is 4.21. The lowest BCUT2D eigenvalue weighted by molar-refractivity contribution is 0.295. The third-order valence-corrected chi connectivity index (χ3v) is 3.14. The molecule has 0 aliphatic carbocycles. The van der Waals surface area contributed by atoms with Crippen LogP contribution in [-0.2, 0) is 6.61 Å². The van der Waals surface area contributed by atoms with Crippen molar-refractivity contribution in [2.75, 3.05) is 0 Å². The van der Waals surface area contributed by atoms with Crippen LogP contribution in [0.5, 0.6) is 5.75 Å². The van der Waals surface area contributed by atoms with E-state index >= 15 is 0 Å². The van der Waals surface area contributed by atoms with Gasteiger partial charge in [0, 0.05) is 5.56 Å². The lowest BCUT2D eigenvalue weighted by atomic mass is 10.1. The predicted octanol–water partition coefficient (Wildman–Crippen LogP) is 3.76. The summed E-state index contributed by atoms with van der Waals surface area (Å²) in [5, 5.41) is 17.6. The van der Waals surface area contributed by atoms with E-state index in [9.17, 15) is 4.39 Å². The van der Waals surface area contributed by atoms with Crippen molar-refractivity contribution >= 4 is 0 Å². The topological polar surface area (TPSA) is 56.8 Å². The third kappa shape index (κ3) is 3.19. The minimum Gasteiger partial charge on any atom is -0.488 e. The first-order valence-corrected chi connectivity index (χ1v) is 6.38. The molecule has 0 spiro atoms. The highest BCUT2D eigenvalue weighted by Gasteiger charge is 2.09. The van der Waals surface area contributed by atoms with Crippen molar-refractivity contribution in [2.45, 2.75) is 20.5 Å². The summed E-state index contributed by atoms with van der Waals surface area (Å²) >= 11 is 0. The van der Waals surface area contributed by atoms with E-state index in [2.05, 4.69) is 6.07 Å². The van der Waals surface area contributed by atoms with Crippen molar-refractivity contribution in [1.29, 1.82) is 10.5 Å². The molecule has 2 rings (SSSR count). The van der Waals surface area contributed by atoms with Gasteiger partial charge in [0.25, 0.3) is 0 Å². The largest absolute Gasteiger partial charge is 0.488 e. The van der Waals surface area contributed by atoms with Gasteiger partial charge in [0.2, 0.25) is 0 Å². The van der Waals surface area contributed by atoms with Crippen molar-refractivity contribution in [2.24, 2.45) is 0 Å². The first-order chi connectivity index (χ1) is 10.0. The molecule has 4 heteroatoms. The third-order valence-electron chi connectivity index (χ3n) is 3.14. The number of halogens is 1. The molecular formula is C17H13FN2O. The molecule has 0 heterocycles. The Labute approximate surface area is 122 Å². The van der Waals surface area contributed by atoms with Crippen molar-refractivity contribution < 1.29 is 9.13 Å². The molecule has 2 aromatic carbocycles. The number of rotatable bonds is 3. The van der Waals surface area contributed by atoms with Crippen LogP contribution in [0, 0.1) is 42.3 Å². The molecule has 0 radical (unpaired) electrons. The number of ether oxygens (including phenoxy) is 1. The van der Waals surface area contributed by atoms with Gasteiger partial charge in [-0.2, -0.15) is 10.5 Å². The minimum absolute atomic E-state index is 0.0745. The number of hydrogen-bond donors (Lipinski definition) is 0. The zero-order valence-electron chi connectivity index (χ0n) is 11.8. The van der Waals surface area contributed by atoms with Gasteiger partial charge >= 0.3 is 0 Å². The quantitative estimate of drug-likeness (QED) is 0.860. The molecule has 0 unspecified atom stereocenters. The monoisotopic (exact) mass is 280 g/mol. The molecule has 0 aliphatic rings. The van der Waals surface area contributed by atoms with E-state index in [4.69, 9.17) is 15.3 Å². The summed E-state index contributed by atoms with van der Waals surface area (Å²) in [5.74, 6) is 0.191. The van der Waals surface area contributed by atoms with Crippen LogP contribution >= 0.6 is 0 Å². The van der Waals surface area contributed by atoms with Gasteiger partial charge in [0.05, 0.1) is 23.3 Å². The predicted molar refractivity (Wildman–Crippen MR) is 76.1 cm³/mol. The van der Waals surface area contributed by atoms with Crippen LogP contribution in [0.15, 0.2) is 30.3 Å². The van der Waals surface area contributed by atoms with E-state index in [0.717, 1.165) is 11.1 Å². The van der Waals surface area contributed by atoms with Gasteiger partial charge in [0.15, 0.2) is 0 Å². The van der Waals surface area contributed by atoms with Crippen LogP contribution in [0.25, 0.3) is 0 Å². The maximum atomic E-state index is 13.8. The van der Waals surface area contributed by atoms with Crippen LogP contribution in [0.1, 0.15) is 27.8 Å². The molecule has 21 heavy (non-hydrogen) atoms. The number of hydrogen-bond acceptors (Lipinski definition) is 3. The summed E-state index contributed by atoms with van der Waals surface area (Å²) in [6, 6.07) is 11.7. The highest BCUT2D eigenvalue weighted by Crippen LogP contribution is 2.26. The molecule has 0 bridgehead atoms. The van der Waals surface area contributed by atoms with E-state index in [-0.39, 0.29) is 12.2 Å². The van der Waals surface area contributed by atoms with Crippen molar-refractivity contribution in [3.63, 3.8) is 0 Å². The Morgan fingerprint density at radius 1 is 1.00 bits per heavy atom. The van der Waals surface area contributed by atoms with E-state index < -0.39 is 5.82 Å². The molecule has 0 amide bonds. The molecule has 3 nitrogen and oxygen atoms in total. The second kappa shape index (κ2) is 6.07. The molecule has 0 aliphatic heterocycles. The Morgan fingerprint density at radius 2 is 1.62 bits per heavy atom. The van der Waals surface area contributed by atoms with Gasteiger partial charge in [-0.05, 0) is 49.2 Å². The van der Waals surface area contributed by atoms with Gasteiger partial charge in [-0.1, -0.05) is 6.07 Å². The SMILES string of the molecule is Cc1cc(C#N)cc(C)c1OCc1ccc(C#N)cc1F. The van der Waals surface area contributed by atoms with E-state index in [1.165, 1.54) is 6.07 Å². The summed E-state index contributed by atoms with van der Waals surface area (Å²) in [6.07, 6.45) is 0. The molecule has 0 saturated carbocycles. The fourth-order valence-electron chi connectivity index (χ4n) is 2.13. The average Bonchev–Trinajstić information content (AvgIpc) is 2.47. The van der Waals surface area contributed by atoms with Gasteiger partial charge < -0.3 is 4.74 Å². The van der Waals surface area contributed by atoms with Gasteiger partial charge in [-0.15, -0.1) is 0 Å². The Morgan fingerprint density at radius 3 is 2.14 bits per heavy atom. The van der Waals surface area contributed by atoms with Crippen LogP contribution < -0.4 is 4.74 Å². The van der Waals surface area contributed by atoms with Gasteiger partial charge in [-0.3, -0.25) is 0 Å². The van der Waals surface area contributed by atoms with Crippen LogP contribution in [0.2, 0.25) is 0 Å². The molecule has 0 atom stereocenters. The van der Waals surface area contributed by atoms with Crippen molar-refractivity contribution in [3.05, 3.63) is 64.0 Å². The van der Waals surface area contributed by atoms with Gasteiger partial charge in [0.1, 0.15) is 18.2 Å². The molecule has 0 saturated heterocycles. The highest BCUT2D eigenvalue weighted by molar-refractivity contribution is 5.47. The number of benzene rings is 2. The van der Waals surface area contributed by atoms with Crippen LogP contribution in [0.3, 0.4) is 0 Å². The van der Waals surface area contributed by atoms with Crippen molar-refractivity contribution in [3.8, 4) is 17.9 Å². The smallest absolute Gasteiger partial charge is 0.131 e. The normalized spacial score (nSPS) is 9.76. The standard InChI is InChI=1S/C17H13FN2O/c1-11-5-14(9-20)6-12(2)17(11)21-10-15-4-3-13(8-19)7-16(15)18/h3-7H,10H2,1-2H3. The first kappa shape index (κ1) is 14.6. The Bertz CT molecular complexity index is 746. The average molecular weight is 280 g/mol. The highest BCUT2D eigenvalue weighted by atomic mass is 19.1. The van der Waals surface area contributed by atoms with Crippen molar-refractivity contribution in [1.82, 2.24) is 0 Å². The summed E-state index contributed by atoms with van der Waals surface area (Å²) in [6.45, 7) is 3.77.